The van der Waals surface area contributed by atoms with Crippen LogP contribution in [-0.4, -0.2) is 37.2 Å². The zero-order chi connectivity index (χ0) is 15.8. The van der Waals surface area contributed by atoms with Gasteiger partial charge in [0.25, 0.3) is 0 Å². The van der Waals surface area contributed by atoms with Crippen molar-refractivity contribution >= 4 is 23.4 Å². The van der Waals surface area contributed by atoms with E-state index in [9.17, 15) is 9.59 Å². The van der Waals surface area contributed by atoms with Crippen LogP contribution < -0.4 is 15.5 Å². The third-order valence-electron chi connectivity index (χ3n) is 3.07. The first-order valence-corrected chi connectivity index (χ1v) is 7.01. The highest BCUT2D eigenvalue weighted by Gasteiger charge is 2.19. The van der Waals surface area contributed by atoms with Gasteiger partial charge in [-0.3, -0.25) is 0 Å². The van der Waals surface area contributed by atoms with E-state index in [2.05, 4.69) is 10.6 Å². The zero-order valence-corrected chi connectivity index (χ0v) is 12.7. The van der Waals surface area contributed by atoms with Crippen LogP contribution in [0, 0.1) is 0 Å². The van der Waals surface area contributed by atoms with E-state index in [1.165, 1.54) is 0 Å². The van der Waals surface area contributed by atoms with E-state index in [4.69, 9.17) is 5.11 Å². The Balaban J connectivity index is 2.63. The van der Waals surface area contributed by atoms with E-state index in [-0.39, 0.29) is 0 Å². The lowest BCUT2D eigenvalue weighted by Crippen LogP contribution is -2.42. The van der Waals surface area contributed by atoms with Crippen LogP contribution in [-0.2, 0) is 4.79 Å². The molecule has 0 aliphatic carbocycles. The summed E-state index contributed by atoms with van der Waals surface area (Å²) in [6, 6.07) is 5.97. The molecule has 1 aromatic carbocycles. The minimum Gasteiger partial charge on any atom is -0.480 e. The summed E-state index contributed by atoms with van der Waals surface area (Å²) in [5, 5.41) is 14.2. The monoisotopic (exact) mass is 293 g/mol. The number of unbranched alkanes of at least 4 members (excludes halogenated alkanes) is 1. The molecule has 6 heteroatoms. The number of rotatable bonds is 7. The predicted octanol–water partition coefficient (Wildman–Crippen LogP) is 2.52. The highest BCUT2D eigenvalue weighted by Crippen LogP contribution is 2.17. The van der Waals surface area contributed by atoms with Gasteiger partial charge < -0.3 is 20.6 Å². The fraction of sp³-hybridized carbons (Fsp3) is 0.467. The molecule has 0 aliphatic rings. The van der Waals surface area contributed by atoms with Crippen molar-refractivity contribution in [3.63, 3.8) is 0 Å². The SMILES string of the molecule is CCCC[C@H](NC(=O)Nc1cccc(N(C)C)c1)C(=O)O. The number of anilines is 2. The van der Waals surface area contributed by atoms with E-state index in [0.29, 0.717) is 12.1 Å². The Kier molecular flexibility index (Phi) is 6.52. The number of carbonyl (C=O) groups excluding carboxylic acids is 1. The summed E-state index contributed by atoms with van der Waals surface area (Å²) in [5.74, 6) is -1.01. The van der Waals surface area contributed by atoms with Crippen LogP contribution in [0.15, 0.2) is 24.3 Å². The van der Waals surface area contributed by atoms with E-state index >= 15 is 0 Å². The maximum Gasteiger partial charge on any atom is 0.326 e. The second-order valence-electron chi connectivity index (χ2n) is 5.08. The van der Waals surface area contributed by atoms with Crippen molar-refractivity contribution in [2.75, 3.05) is 24.3 Å². The minimum absolute atomic E-state index is 0.428. The van der Waals surface area contributed by atoms with Crippen molar-refractivity contribution in [3.8, 4) is 0 Å². The quantitative estimate of drug-likeness (QED) is 0.721. The summed E-state index contributed by atoms with van der Waals surface area (Å²) in [5.41, 5.74) is 1.58. The molecule has 0 bridgehead atoms. The van der Waals surface area contributed by atoms with E-state index < -0.39 is 18.0 Å². The smallest absolute Gasteiger partial charge is 0.326 e. The van der Waals surface area contributed by atoms with Crippen molar-refractivity contribution in [1.29, 1.82) is 0 Å². The maximum atomic E-state index is 11.9. The normalized spacial score (nSPS) is 11.6. The van der Waals surface area contributed by atoms with Gasteiger partial charge in [-0.2, -0.15) is 0 Å². The number of hydrogen-bond donors (Lipinski definition) is 3. The van der Waals surface area contributed by atoms with E-state index in [0.717, 1.165) is 18.5 Å². The molecule has 21 heavy (non-hydrogen) atoms. The molecule has 0 spiro atoms. The summed E-state index contributed by atoms with van der Waals surface area (Å²) in [6.07, 6.45) is 2.07. The molecular formula is C15H23N3O3. The van der Waals surface area contributed by atoms with Crippen LogP contribution in [0.3, 0.4) is 0 Å². The molecule has 116 valence electrons. The van der Waals surface area contributed by atoms with Gasteiger partial charge in [-0.25, -0.2) is 9.59 Å². The van der Waals surface area contributed by atoms with Gasteiger partial charge in [0.2, 0.25) is 0 Å². The average Bonchev–Trinajstić information content (AvgIpc) is 2.43. The van der Waals surface area contributed by atoms with Gasteiger partial charge in [0.1, 0.15) is 6.04 Å². The Morgan fingerprint density at radius 3 is 2.62 bits per heavy atom. The molecule has 1 rings (SSSR count). The molecule has 1 atom stereocenters. The number of nitrogens with one attached hydrogen (secondary N) is 2. The van der Waals surface area contributed by atoms with Crippen LogP contribution in [0.25, 0.3) is 0 Å². The molecule has 0 saturated carbocycles. The standard InChI is InChI=1S/C15H23N3O3/c1-4-5-9-13(14(19)20)17-15(21)16-11-7-6-8-12(10-11)18(2)3/h6-8,10,13H,4-5,9H2,1-3H3,(H,19,20)(H2,16,17,21)/t13-/m0/s1. The molecular weight excluding hydrogens is 270 g/mol. The van der Waals surface area contributed by atoms with Gasteiger partial charge in [-0.1, -0.05) is 25.8 Å². The molecule has 1 aromatic rings. The lowest BCUT2D eigenvalue weighted by Gasteiger charge is -2.16. The number of hydrogen-bond acceptors (Lipinski definition) is 3. The highest BCUT2D eigenvalue weighted by molar-refractivity contribution is 5.92. The topological polar surface area (TPSA) is 81.7 Å². The Labute approximate surface area is 125 Å². The van der Waals surface area contributed by atoms with Crippen LogP contribution in [0.2, 0.25) is 0 Å². The lowest BCUT2D eigenvalue weighted by molar-refractivity contribution is -0.139. The first-order chi connectivity index (χ1) is 9.93. The summed E-state index contributed by atoms with van der Waals surface area (Å²) >= 11 is 0. The summed E-state index contributed by atoms with van der Waals surface area (Å²) in [7, 11) is 3.81. The van der Waals surface area contributed by atoms with E-state index in [1.807, 2.05) is 44.1 Å². The lowest BCUT2D eigenvalue weighted by atomic mass is 10.1. The first-order valence-electron chi connectivity index (χ1n) is 7.01. The van der Waals surface area contributed by atoms with Gasteiger partial charge in [0.05, 0.1) is 0 Å². The number of urea groups is 1. The van der Waals surface area contributed by atoms with Crippen LogP contribution in [0.5, 0.6) is 0 Å². The summed E-state index contributed by atoms with van der Waals surface area (Å²) in [4.78, 5) is 24.9. The summed E-state index contributed by atoms with van der Waals surface area (Å²) in [6.45, 7) is 1.98. The molecule has 0 unspecified atom stereocenters. The van der Waals surface area contributed by atoms with Crippen molar-refractivity contribution < 1.29 is 14.7 Å². The van der Waals surface area contributed by atoms with Crippen molar-refractivity contribution in [3.05, 3.63) is 24.3 Å². The Hall–Kier alpha value is -2.24. The van der Waals surface area contributed by atoms with Gasteiger partial charge in [-0.15, -0.1) is 0 Å². The molecule has 3 N–H and O–H groups in total. The Morgan fingerprint density at radius 1 is 1.33 bits per heavy atom. The number of carboxylic acids is 1. The largest absolute Gasteiger partial charge is 0.480 e. The Bertz CT molecular complexity index is 489. The number of carbonyl (C=O) groups is 2. The molecule has 0 aliphatic heterocycles. The van der Waals surface area contributed by atoms with Crippen LogP contribution in [0.1, 0.15) is 26.2 Å². The van der Waals surface area contributed by atoms with Crippen molar-refractivity contribution in [2.45, 2.75) is 32.2 Å². The Morgan fingerprint density at radius 2 is 2.05 bits per heavy atom. The highest BCUT2D eigenvalue weighted by atomic mass is 16.4. The van der Waals surface area contributed by atoms with Gasteiger partial charge in [0.15, 0.2) is 0 Å². The molecule has 0 radical (unpaired) electrons. The predicted molar refractivity (Wildman–Crippen MR) is 83.9 cm³/mol. The number of benzene rings is 1. The second kappa shape index (κ2) is 8.14. The van der Waals surface area contributed by atoms with Crippen molar-refractivity contribution in [2.24, 2.45) is 0 Å². The van der Waals surface area contributed by atoms with Crippen LogP contribution >= 0.6 is 0 Å². The molecule has 6 nitrogen and oxygen atoms in total. The minimum atomic E-state index is -1.01. The second-order valence-corrected chi connectivity index (χ2v) is 5.08. The number of carboxylic acid groups (broad SMARTS) is 1. The molecule has 0 saturated heterocycles. The zero-order valence-electron chi connectivity index (χ0n) is 12.7. The molecule has 0 aromatic heterocycles. The first kappa shape index (κ1) is 16.8. The number of amides is 2. The fourth-order valence-electron chi connectivity index (χ4n) is 1.85. The average molecular weight is 293 g/mol. The third kappa shape index (κ3) is 5.72. The van der Waals surface area contributed by atoms with E-state index in [1.54, 1.807) is 6.07 Å². The fourth-order valence-corrected chi connectivity index (χ4v) is 1.85. The summed E-state index contributed by atoms with van der Waals surface area (Å²) < 4.78 is 0. The number of nitrogens with zero attached hydrogens (tertiary/aromatic N) is 1. The maximum absolute atomic E-state index is 11.9. The number of aliphatic carboxylic acids is 1. The molecule has 2 amide bonds. The van der Waals surface area contributed by atoms with Gasteiger partial charge >= 0.3 is 12.0 Å². The third-order valence-corrected chi connectivity index (χ3v) is 3.07. The van der Waals surface area contributed by atoms with Crippen molar-refractivity contribution in [1.82, 2.24) is 5.32 Å². The van der Waals surface area contributed by atoms with Gasteiger partial charge in [-0.05, 0) is 24.6 Å². The molecule has 0 heterocycles. The van der Waals surface area contributed by atoms with Crippen LogP contribution in [0.4, 0.5) is 16.2 Å². The van der Waals surface area contributed by atoms with Gasteiger partial charge in [0, 0.05) is 25.5 Å². The molecule has 0 fully saturated rings.